The van der Waals surface area contributed by atoms with Gasteiger partial charge >= 0.3 is 0 Å². The number of halogens is 3. The molecular weight excluding hydrogens is 347 g/mol. The van der Waals surface area contributed by atoms with Crippen molar-refractivity contribution in [3.8, 4) is 0 Å². The Labute approximate surface area is 129 Å². The van der Waals surface area contributed by atoms with Crippen LogP contribution in [0.1, 0.15) is 31.2 Å². The lowest BCUT2D eigenvalue weighted by Gasteiger charge is -2.15. The molecular formula is C14H13BrClFN2O. The van der Waals surface area contributed by atoms with Crippen LogP contribution in [-0.2, 0) is 6.54 Å². The summed E-state index contributed by atoms with van der Waals surface area (Å²) in [4.78, 5) is 16.2. The van der Waals surface area contributed by atoms with Gasteiger partial charge in [0.1, 0.15) is 16.8 Å². The Balaban J connectivity index is 2.50. The Hall–Kier alpha value is -1.20. The molecule has 6 heteroatoms. The smallest absolute Gasteiger partial charge is 0.255 e. The second-order valence-electron chi connectivity index (χ2n) is 4.75. The van der Waals surface area contributed by atoms with Gasteiger partial charge in [0, 0.05) is 22.0 Å². The molecule has 1 aromatic carbocycles. The number of hydrogen-bond acceptors (Lipinski definition) is 2. The van der Waals surface area contributed by atoms with Gasteiger partial charge in [-0.05, 0) is 12.1 Å². The highest BCUT2D eigenvalue weighted by Crippen LogP contribution is 2.18. The molecule has 0 fully saturated rings. The van der Waals surface area contributed by atoms with E-state index in [0.29, 0.717) is 15.9 Å². The summed E-state index contributed by atoms with van der Waals surface area (Å²) in [5, 5.41) is 0.159. The van der Waals surface area contributed by atoms with Gasteiger partial charge in [-0.2, -0.15) is 0 Å². The van der Waals surface area contributed by atoms with E-state index in [1.54, 1.807) is 12.1 Å². The van der Waals surface area contributed by atoms with Crippen molar-refractivity contribution < 1.29 is 4.39 Å². The first-order valence-corrected chi connectivity index (χ1v) is 7.27. The lowest BCUT2D eigenvalue weighted by atomic mass is 10.1. The lowest BCUT2D eigenvalue weighted by Crippen LogP contribution is -2.26. The van der Waals surface area contributed by atoms with Crippen LogP contribution >= 0.6 is 27.5 Å². The van der Waals surface area contributed by atoms with Crippen molar-refractivity contribution in [2.45, 2.75) is 26.3 Å². The summed E-state index contributed by atoms with van der Waals surface area (Å²) in [6.07, 6.45) is 0. The molecule has 0 amide bonds. The summed E-state index contributed by atoms with van der Waals surface area (Å²) in [5.41, 5.74) is 0.150. The number of rotatable bonds is 3. The number of benzene rings is 1. The highest BCUT2D eigenvalue weighted by atomic mass is 79.9. The third kappa shape index (κ3) is 3.27. The van der Waals surface area contributed by atoms with Crippen molar-refractivity contribution in [2.75, 3.05) is 0 Å². The topological polar surface area (TPSA) is 34.9 Å². The molecule has 0 saturated heterocycles. The van der Waals surface area contributed by atoms with E-state index in [-0.39, 0.29) is 29.0 Å². The van der Waals surface area contributed by atoms with E-state index in [2.05, 4.69) is 20.9 Å². The van der Waals surface area contributed by atoms with Crippen LogP contribution in [0.15, 0.2) is 33.5 Å². The standard InChI is InChI=1S/C14H13BrClFN2O/c1-8(2)14-18-12(16)6-13(20)19(14)7-9-3-4-10(15)5-11(9)17/h3-6,8H,7H2,1-2H3. The molecule has 106 valence electrons. The zero-order valence-corrected chi connectivity index (χ0v) is 13.4. The molecule has 1 aromatic heterocycles. The summed E-state index contributed by atoms with van der Waals surface area (Å²) in [6.45, 7) is 3.95. The Bertz CT molecular complexity index is 700. The Kier molecular flexibility index (Phi) is 4.60. The Morgan fingerprint density at radius 1 is 1.40 bits per heavy atom. The minimum atomic E-state index is -0.365. The van der Waals surface area contributed by atoms with E-state index in [1.807, 2.05) is 13.8 Å². The van der Waals surface area contributed by atoms with Crippen molar-refractivity contribution in [3.05, 3.63) is 61.5 Å². The van der Waals surface area contributed by atoms with Gasteiger partial charge in [-0.25, -0.2) is 9.37 Å². The van der Waals surface area contributed by atoms with Crippen molar-refractivity contribution in [1.29, 1.82) is 0 Å². The van der Waals surface area contributed by atoms with Gasteiger partial charge in [0.05, 0.1) is 6.54 Å². The zero-order valence-electron chi connectivity index (χ0n) is 11.0. The molecule has 0 saturated carbocycles. The molecule has 1 heterocycles. The quantitative estimate of drug-likeness (QED) is 0.777. The third-order valence-electron chi connectivity index (χ3n) is 2.87. The summed E-state index contributed by atoms with van der Waals surface area (Å²) < 4.78 is 16.0. The number of hydrogen-bond donors (Lipinski definition) is 0. The molecule has 2 aromatic rings. The van der Waals surface area contributed by atoms with Crippen LogP contribution in [0, 0.1) is 5.82 Å². The Morgan fingerprint density at radius 2 is 2.10 bits per heavy atom. The van der Waals surface area contributed by atoms with Crippen LogP contribution in [-0.4, -0.2) is 9.55 Å². The molecule has 0 aliphatic heterocycles. The van der Waals surface area contributed by atoms with Crippen molar-refractivity contribution >= 4 is 27.5 Å². The number of aromatic nitrogens is 2. The highest BCUT2D eigenvalue weighted by molar-refractivity contribution is 9.10. The second kappa shape index (κ2) is 6.06. The fourth-order valence-electron chi connectivity index (χ4n) is 1.91. The van der Waals surface area contributed by atoms with Crippen LogP contribution in [0.25, 0.3) is 0 Å². The summed E-state index contributed by atoms with van der Waals surface area (Å²) in [7, 11) is 0. The third-order valence-corrected chi connectivity index (χ3v) is 3.55. The van der Waals surface area contributed by atoms with Gasteiger partial charge in [0.15, 0.2) is 0 Å². The highest BCUT2D eigenvalue weighted by Gasteiger charge is 2.13. The van der Waals surface area contributed by atoms with Gasteiger partial charge < -0.3 is 0 Å². The maximum atomic E-state index is 13.9. The Morgan fingerprint density at radius 3 is 2.70 bits per heavy atom. The largest absolute Gasteiger partial charge is 0.292 e. The van der Waals surface area contributed by atoms with Crippen LogP contribution in [0.3, 0.4) is 0 Å². The van der Waals surface area contributed by atoms with Gasteiger partial charge in [0.25, 0.3) is 5.56 Å². The fourth-order valence-corrected chi connectivity index (χ4v) is 2.43. The fraction of sp³-hybridized carbons (Fsp3) is 0.286. The average Bonchev–Trinajstić information content (AvgIpc) is 2.34. The molecule has 0 spiro atoms. The van der Waals surface area contributed by atoms with Crippen LogP contribution in [0.2, 0.25) is 5.15 Å². The molecule has 0 bridgehead atoms. The van der Waals surface area contributed by atoms with E-state index in [4.69, 9.17) is 11.6 Å². The molecule has 0 atom stereocenters. The molecule has 0 radical (unpaired) electrons. The monoisotopic (exact) mass is 358 g/mol. The minimum absolute atomic E-state index is 0.0138. The van der Waals surface area contributed by atoms with Crippen molar-refractivity contribution in [3.63, 3.8) is 0 Å². The van der Waals surface area contributed by atoms with E-state index < -0.39 is 0 Å². The molecule has 0 aliphatic rings. The maximum Gasteiger partial charge on any atom is 0.255 e. The number of nitrogens with zero attached hydrogens (tertiary/aromatic N) is 2. The minimum Gasteiger partial charge on any atom is -0.292 e. The molecule has 0 N–H and O–H groups in total. The van der Waals surface area contributed by atoms with Gasteiger partial charge in [-0.3, -0.25) is 9.36 Å². The molecule has 2 rings (SSSR count). The summed E-state index contributed by atoms with van der Waals surface area (Å²) in [5.74, 6) is 0.195. The molecule has 0 aliphatic carbocycles. The van der Waals surface area contributed by atoms with E-state index in [0.717, 1.165) is 0 Å². The van der Waals surface area contributed by atoms with Crippen molar-refractivity contribution in [1.82, 2.24) is 9.55 Å². The van der Waals surface area contributed by atoms with Crippen LogP contribution in [0.5, 0.6) is 0 Å². The van der Waals surface area contributed by atoms with Crippen LogP contribution in [0.4, 0.5) is 4.39 Å². The van der Waals surface area contributed by atoms with Crippen LogP contribution < -0.4 is 5.56 Å². The van der Waals surface area contributed by atoms with Gasteiger partial charge in [-0.15, -0.1) is 0 Å². The SMILES string of the molecule is CC(C)c1nc(Cl)cc(=O)n1Cc1ccc(Br)cc1F. The summed E-state index contributed by atoms with van der Waals surface area (Å²) >= 11 is 9.02. The molecule has 3 nitrogen and oxygen atoms in total. The van der Waals surface area contributed by atoms with Gasteiger partial charge in [-0.1, -0.05) is 47.4 Å². The van der Waals surface area contributed by atoms with Crippen molar-refractivity contribution in [2.24, 2.45) is 0 Å². The van der Waals surface area contributed by atoms with E-state index in [9.17, 15) is 9.18 Å². The lowest BCUT2D eigenvalue weighted by molar-refractivity contribution is 0.573. The predicted octanol–water partition coefficient (Wildman–Crippen LogP) is 3.97. The first-order chi connectivity index (χ1) is 9.38. The summed E-state index contributed by atoms with van der Waals surface area (Å²) in [6, 6.07) is 6.00. The van der Waals surface area contributed by atoms with Gasteiger partial charge in [0.2, 0.25) is 0 Å². The zero-order chi connectivity index (χ0) is 14.9. The van der Waals surface area contributed by atoms with E-state index >= 15 is 0 Å². The predicted molar refractivity (Wildman–Crippen MR) is 80.8 cm³/mol. The first kappa shape index (κ1) is 15.2. The molecule has 0 unspecified atom stereocenters. The molecule has 20 heavy (non-hydrogen) atoms. The van der Waals surface area contributed by atoms with E-state index in [1.165, 1.54) is 16.7 Å². The first-order valence-electron chi connectivity index (χ1n) is 6.09. The second-order valence-corrected chi connectivity index (χ2v) is 6.05. The average molecular weight is 360 g/mol. The normalized spacial score (nSPS) is 11.1. The maximum absolute atomic E-state index is 13.9.